The molecule has 2 aromatic carbocycles. The van der Waals surface area contributed by atoms with Gasteiger partial charge in [-0.3, -0.25) is 4.79 Å². The number of para-hydroxylation sites is 1. The van der Waals surface area contributed by atoms with Gasteiger partial charge in [0.05, 0.1) is 24.0 Å². The van der Waals surface area contributed by atoms with Crippen LogP contribution in [0.25, 0.3) is 17.0 Å². The summed E-state index contributed by atoms with van der Waals surface area (Å²) in [5.74, 6) is 1.25. The molecule has 0 N–H and O–H groups in total. The largest absolute Gasteiger partial charge is 0.497 e. The monoisotopic (exact) mass is 362 g/mol. The lowest BCUT2D eigenvalue weighted by atomic mass is 9.93. The van der Waals surface area contributed by atoms with Crippen LogP contribution in [0.5, 0.6) is 11.5 Å². The van der Waals surface area contributed by atoms with Crippen LogP contribution in [0, 0.1) is 0 Å². The summed E-state index contributed by atoms with van der Waals surface area (Å²) in [6, 6.07) is 14.7. The number of hydrogen-bond acceptors (Lipinski definition) is 5. The van der Waals surface area contributed by atoms with Gasteiger partial charge >= 0.3 is 5.63 Å². The third-order valence-electron chi connectivity index (χ3n) is 4.60. The predicted molar refractivity (Wildman–Crippen MR) is 102 cm³/mol. The van der Waals surface area contributed by atoms with E-state index in [-0.39, 0.29) is 12.2 Å². The highest BCUT2D eigenvalue weighted by Gasteiger charge is 2.36. The Morgan fingerprint density at radius 2 is 2.00 bits per heavy atom. The van der Waals surface area contributed by atoms with Crippen LogP contribution >= 0.6 is 0 Å². The maximum atomic E-state index is 12.6. The first kappa shape index (κ1) is 17.1. The van der Waals surface area contributed by atoms with Gasteiger partial charge in [0.2, 0.25) is 0 Å². The van der Waals surface area contributed by atoms with Crippen molar-refractivity contribution in [3.63, 3.8) is 0 Å². The molecule has 3 aromatic rings. The molecule has 0 unspecified atom stereocenters. The van der Waals surface area contributed by atoms with Crippen molar-refractivity contribution in [1.82, 2.24) is 0 Å². The minimum absolute atomic E-state index is 0.0273. The predicted octanol–water partition coefficient (Wildman–Crippen LogP) is 4.30. The van der Waals surface area contributed by atoms with Crippen molar-refractivity contribution in [2.24, 2.45) is 0 Å². The summed E-state index contributed by atoms with van der Waals surface area (Å²) in [5.41, 5.74) is 1.26. The molecular weight excluding hydrogens is 344 g/mol. The highest BCUT2D eigenvalue weighted by molar-refractivity contribution is 5.87. The quantitative estimate of drug-likeness (QED) is 0.648. The molecule has 0 saturated heterocycles. The molecule has 2 heterocycles. The van der Waals surface area contributed by atoms with Gasteiger partial charge in [0.15, 0.2) is 0 Å². The second kappa shape index (κ2) is 6.76. The lowest BCUT2D eigenvalue weighted by Crippen LogP contribution is -2.12. The molecule has 4 rings (SSSR count). The van der Waals surface area contributed by atoms with E-state index < -0.39 is 11.5 Å². The summed E-state index contributed by atoms with van der Waals surface area (Å²) in [4.78, 5) is 24.5. The highest BCUT2D eigenvalue weighted by Crippen LogP contribution is 2.45. The molecule has 0 bridgehead atoms. The molecule has 136 valence electrons. The molecule has 0 aliphatic carbocycles. The fourth-order valence-corrected chi connectivity index (χ4v) is 3.39. The molecule has 0 saturated carbocycles. The number of allylic oxidation sites excluding steroid dienone is 1. The summed E-state index contributed by atoms with van der Waals surface area (Å²) in [6.07, 6.45) is 2.01. The first-order valence-corrected chi connectivity index (χ1v) is 8.65. The number of Topliss-reactive ketones (excluding diaryl/α,β-unsaturated/α-hetero) is 1. The van der Waals surface area contributed by atoms with Crippen LogP contribution in [0.15, 0.2) is 63.5 Å². The van der Waals surface area contributed by atoms with E-state index >= 15 is 0 Å². The Kier molecular flexibility index (Phi) is 4.28. The molecule has 0 radical (unpaired) electrons. The first-order valence-electron chi connectivity index (χ1n) is 8.65. The molecule has 0 fully saturated rings. The minimum Gasteiger partial charge on any atom is -0.497 e. The molecule has 0 amide bonds. The van der Waals surface area contributed by atoms with Crippen molar-refractivity contribution >= 4 is 22.8 Å². The Balaban J connectivity index is 1.88. The topological polar surface area (TPSA) is 65.7 Å². The summed E-state index contributed by atoms with van der Waals surface area (Å²) in [5, 5.41) is 0.717. The van der Waals surface area contributed by atoms with E-state index in [9.17, 15) is 9.59 Å². The number of benzene rings is 2. The third-order valence-corrected chi connectivity index (χ3v) is 4.60. The molecule has 27 heavy (non-hydrogen) atoms. The zero-order valence-electron chi connectivity index (χ0n) is 15.0. The van der Waals surface area contributed by atoms with Gasteiger partial charge in [0, 0.05) is 6.42 Å². The molecule has 5 nitrogen and oxygen atoms in total. The van der Waals surface area contributed by atoms with Crippen LogP contribution < -0.4 is 15.1 Å². The summed E-state index contributed by atoms with van der Waals surface area (Å²) in [6.45, 7) is 1.50. The van der Waals surface area contributed by atoms with Gasteiger partial charge in [-0.25, -0.2) is 4.79 Å². The van der Waals surface area contributed by atoms with E-state index in [0.717, 1.165) is 10.9 Å². The van der Waals surface area contributed by atoms with Crippen molar-refractivity contribution in [2.45, 2.75) is 19.3 Å². The number of rotatable bonds is 4. The first-order chi connectivity index (χ1) is 13.1. The number of methoxy groups -OCH3 is 1. The standard InChI is InChI=1S/C22H18O5/c1-13(23)10-17-19(12-14-6-5-7-15(11-14)25-2)26-21-16-8-3-4-9-18(16)27-22(24)20(17)21/h3-9,11-12,17H,10H2,1-2H3/b19-12-/t17-/m1/s1. The van der Waals surface area contributed by atoms with Gasteiger partial charge in [-0.05, 0) is 42.8 Å². The lowest BCUT2D eigenvalue weighted by molar-refractivity contribution is -0.117. The van der Waals surface area contributed by atoms with E-state index in [0.29, 0.717) is 28.4 Å². The molecular formula is C22H18O5. The van der Waals surface area contributed by atoms with E-state index in [1.54, 1.807) is 19.2 Å². The Morgan fingerprint density at radius 1 is 1.19 bits per heavy atom. The van der Waals surface area contributed by atoms with Crippen molar-refractivity contribution < 1.29 is 18.7 Å². The fourth-order valence-electron chi connectivity index (χ4n) is 3.39. The van der Waals surface area contributed by atoms with Gasteiger partial charge in [-0.15, -0.1) is 0 Å². The van der Waals surface area contributed by atoms with Crippen molar-refractivity contribution in [3.8, 4) is 11.5 Å². The second-order valence-corrected chi connectivity index (χ2v) is 6.51. The van der Waals surface area contributed by atoms with Gasteiger partial charge in [-0.2, -0.15) is 0 Å². The van der Waals surface area contributed by atoms with Gasteiger partial charge in [0.1, 0.15) is 28.6 Å². The number of carbonyl (C=O) groups is 1. The zero-order valence-corrected chi connectivity index (χ0v) is 15.0. The lowest BCUT2D eigenvalue weighted by Gasteiger charge is -2.09. The van der Waals surface area contributed by atoms with E-state index in [4.69, 9.17) is 13.9 Å². The molecule has 1 aromatic heterocycles. The Labute approximate surface area is 155 Å². The van der Waals surface area contributed by atoms with Crippen molar-refractivity contribution in [1.29, 1.82) is 0 Å². The smallest absolute Gasteiger partial charge is 0.344 e. The molecule has 0 spiro atoms. The number of ether oxygens (including phenoxy) is 2. The molecule has 1 aliphatic rings. The third kappa shape index (κ3) is 3.12. The normalized spacial score (nSPS) is 17.0. The Hall–Kier alpha value is -3.34. The summed E-state index contributed by atoms with van der Waals surface area (Å²) >= 11 is 0. The van der Waals surface area contributed by atoms with Gasteiger partial charge in [0.25, 0.3) is 0 Å². The average Bonchev–Trinajstić information content (AvgIpc) is 3.00. The van der Waals surface area contributed by atoms with Crippen LogP contribution in [-0.2, 0) is 4.79 Å². The van der Waals surface area contributed by atoms with Crippen LogP contribution in [0.2, 0.25) is 0 Å². The number of ketones is 1. The van der Waals surface area contributed by atoms with Crippen LogP contribution in [0.3, 0.4) is 0 Å². The van der Waals surface area contributed by atoms with Gasteiger partial charge in [-0.1, -0.05) is 24.3 Å². The number of fused-ring (bicyclic) bond motifs is 3. The second-order valence-electron chi connectivity index (χ2n) is 6.51. The summed E-state index contributed by atoms with van der Waals surface area (Å²) in [7, 11) is 1.60. The number of carbonyl (C=O) groups excluding carboxylic acids is 1. The Morgan fingerprint density at radius 3 is 2.78 bits per heavy atom. The van der Waals surface area contributed by atoms with Crippen molar-refractivity contribution in [2.75, 3.05) is 7.11 Å². The van der Waals surface area contributed by atoms with E-state index in [1.807, 2.05) is 42.5 Å². The minimum atomic E-state index is -0.469. The highest BCUT2D eigenvalue weighted by atomic mass is 16.5. The van der Waals surface area contributed by atoms with Crippen LogP contribution in [0.1, 0.15) is 30.4 Å². The summed E-state index contributed by atoms with van der Waals surface area (Å²) < 4.78 is 16.8. The fraction of sp³-hybridized carbons (Fsp3) is 0.182. The van der Waals surface area contributed by atoms with Gasteiger partial charge < -0.3 is 13.9 Å². The molecule has 1 aliphatic heterocycles. The van der Waals surface area contributed by atoms with E-state index in [2.05, 4.69) is 0 Å². The maximum absolute atomic E-state index is 12.6. The maximum Gasteiger partial charge on any atom is 0.344 e. The van der Waals surface area contributed by atoms with E-state index in [1.165, 1.54) is 6.92 Å². The van der Waals surface area contributed by atoms with Crippen LogP contribution in [0.4, 0.5) is 0 Å². The average molecular weight is 362 g/mol. The molecule has 1 atom stereocenters. The zero-order chi connectivity index (χ0) is 19.0. The Bertz CT molecular complexity index is 1120. The van der Waals surface area contributed by atoms with Crippen LogP contribution in [-0.4, -0.2) is 12.9 Å². The number of hydrogen-bond donors (Lipinski definition) is 0. The van der Waals surface area contributed by atoms with Crippen molar-refractivity contribution in [3.05, 3.63) is 75.8 Å². The molecule has 5 heteroatoms. The SMILES string of the molecule is COc1cccc(/C=C2\Oc3c(c(=O)oc4ccccc34)[C@@H]2CC(C)=O)c1.